The second-order valence-corrected chi connectivity index (χ2v) is 28.4. The second-order valence-electron chi connectivity index (χ2n) is 28.4. The first kappa shape index (κ1) is 93.0. The molecule has 3 unspecified atom stereocenters. The highest BCUT2D eigenvalue weighted by molar-refractivity contribution is 5.93. The Bertz CT molecular complexity index is 3110. The van der Waals surface area contributed by atoms with Gasteiger partial charge >= 0.3 is 47.8 Å². The molecule has 2 aliphatic heterocycles. The van der Waals surface area contributed by atoms with Gasteiger partial charge in [-0.15, -0.1) is 0 Å². The van der Waals surface area contributed by atoms with Gasteiger partial charge in [0.05, 0.1) is 52.1 Å². The van der Waals surface area contributed by atoms with E-state index < -0.39 is 134 Å². The van der Waals surface area contributed by atoms with Gasteiger partial charge in [-0.3, -0.25) is 111 Å². The monoisotopic (exact) mass is 1560 g/mol. The quantitative estimate of drug-likeness (QED) is 0.0306. The lowest BCUT2D eigenvalue weighted by atomic mass is 9.95. The van der Waals surface area contributed by atoms with Gasteiger partial charge in [-0.1, -0.05) is 65.3 Å². The minimum Gasteiger partial charge on any atom is -0.480 e. The van der Waals surface area contributed by atoms with E-state index in [1.165, 1.54) is 35.7 Å². The smallest absolute Gasteiger partial charge is 0.320 e. The molecule has 0 aliphatic carbocycles. The summed E-state index contributed by atoms with van der Waals surface area (Å²) in [5.74, 6) is -13.2. The molecular weight excluding hydrogens is 1440 g/mol. The van der Waals surface area contributed by atoms with E-state index in [0.29, 0.717) is 30.4 Å². The van der Waals surface area contributed by atoms with Gasteiger partial charge in [-0.25, -0.2) is 4.98 Å². The predicted octanol–water partition coefficient (Wildman–Crippen LogP) is -3.47. The van der Waals surface area contributed by atoms with Crippen LogP contribution >= 0.6 is 0 Å². The van der Waals surface area contributed by atoms with Crippen molar-refractivity contribution >= 4 is 83.2 Å². The summed E-state index contributed by atoms with van der Waals surface area (Å²) in [6.45, 7) is 7.29. The molecule has 39 heteroatoms. The standard InChI is InChI=1S/C71H115N17O22/c1-6-49(4)66(79-67(104)50(5)36-53-39-72-47-77-53)69(106)78-54(35-48(2)3)68(105)76-38-52-9-7-51(8-10-52)37-75-59(91)40-80(17-15-73-57(89)13-11-55(70(107)108)87-31-27-83(43-62(96)97)23-19-81(41-60(92)93)20-24-84(28-32-87)44-63(98)99)18-16-74-58(90)14-12-56(71(109)110)88-33-29-85(45-64(100)101)25-21-82(42-61(94)95)22-26-86(30-34-88)46-65(102)103/h7-10,39,47-50,54-56,66H,6,11-38,40-46H2,1-5H3,(H,72,77)(H,73,89)(H,74,90)(H,75,91)(H,76,105)(H,78,106)(H,79,104)(H,92,93)(H,94,95)(H,96,97)(H,98,99)(H,100,101)(H,102,103)(H,107,108)(H,109,110)/t49?,50-,54-,55?,56?,66-/m0/s1. The normalized spacial score (nSPS) is 17.4. The fourth-order valence-corrected chi connectivity index (χ4v) is 12.8. The minimum absolute atomic E-state index is 0.00135. The Morgan fingerprint density at radius 1 is 0.464 bits per heavy atom. The van der Waals surface area contributed by atoms with Crippen LogP contribution in [0.25, 0.3) is 0 Å². The largest absolute Gasteiger partial charge is 0.480 e. The number of benzene rings is 1. The van der Waals surface area contributed by atoms with Gasteiger partial charge in [-0.05, 0) is 42.2 Å². The zero-order valence-electron chi connectivity index (χ0n) is 63.7. The maximum atomic E-state index is 13.9. The molecule has 110 heavy (non-hydrogen) atoms. The number of amides is 6. The lowest BCUT2D eigenvalue weighted by molar-refractivity contribution is -0.145. The lowest BCUT2D eigenvalue weighted by Crippen LogP contribution is -2.56. The highest BCUT2D eigenvalue weighted by Crippen LogP contribution is 2.17. The number of carbonyl (C=O) groups is 14. The fraction of sp³-hybridized carbons (Fsp3) is 0.676. The summed E-state index contributed by atoms with van der Waals surface area (Å²) >= 11 is 0. The Morgan fingerprint density at radius 3 is 1.15 bits per heavy atom. The van der Waals surface area contributed by atoms with Gasteiger partial charge < -0.3 is 77.7 Å². The number of H-pyrrole nitrogens is 1. The van der Waals surface area contributed by atoms with E-state index in [1.807, 2.05) is 27.7 Å². The van der Waals surface area contributed by atoms with E-state index in [-0.39, 0.29) is 207 Å². The maximum Gasteiger partial charge on any atom is 0.320 e. The van der Waals surface area contributed by atoms with Crippen LogP contribution in [0.1, 0.15) is 90.0 Å². The van der Waals surface area contributed by atoms with Crippen LogP contribution in [0, 0.1) is 17.8 Å². The summed E-state index contributed by atoms with van der Waals surface area (Å²) in [7, 11) is 0. The number of rotatable bonds is 45. The number of carbonyl (C=O) groups excluding carboxylic acids is 6. The first-order valence-electron chi connectivity index (χ1n) is 37.2. The molecule has 2 aromatic rings. The molecule has 2 aliphatic rings. The third-order valence-electron chi connectivity index (χ3n) is 19.1. The third kappa shape index (κ3) is 37.8. The molecule has 3 heterocycles. The Kier molecular flexibility index (Phi) is 42.1. The second kappa shape index (κ2) is 49.7. The Morgan fingerprint density at radius 2 is 0.827 bits per heavy atom. The number of carboxylic acid groups (broad SMARTS) is 8. The Balaban J connectivity index is 1.48. The Hall–Kier alpha value is -9.35. The van der Waals surface area contributed by atoms with Crippen LogP contribution in [0.2, 0.25) is 0 Å². The first-order chi connectivity index (χ1) is 52.2. The topological polar surface area (TPSA) is 531 Å². The van der Waals surface area contributed by atoms with Crippen molar-refractivity contribution in [3.63, 3.8) is 0 Å². The van der Waals surface area contributed by atoms with Gasteiger partial charge in [-0.2, -0.15) is 0 Å². The van der Waals surface area contributed by atoms with Gasteiger partial charge in [0.15, 0.2) is 0 Å². The van der Waals surface area contributed by atoms with E-state index >= 15 is 0 Å². The molecule has 0 spiro atoms. The van der Waals surface area contributed by atoms with Crippen molar-refractivity contribution < 1.29 is 108 Å². The molecule has 0 radical (unpaired) electrons. The number of hydrogen-bond donors (Lipinski definition) is 15. The van der Waals surface area contributed by atoms with Crippen molar-refractivity contribution in [1.82, 2.24) is 86.0 Å². The number of aromatic amines is 1. The van der Waals surface area contributed by atoms with Gasteiger partial charge in [0.1, 0.15) is 24.2 Å². The van der Waals surface area contributed by atoms with Crippen LogP contribution in [0.4, 0.5) is 0 Å². The fourth-order valence-electron chi connectivity index (χ4n) is 12.8. The highest BCUT2D eigenvalue weighted by Gasteiger charge is 2.34. The predicted molar refractivity (Wildman–Crippen MR) is 396 cm³/mol. The minimum atomic E-state index is -1.31. The summed E-state index contributed by atoms with van der Waals surface area (Å²) in [6, 6.07) is 2.54. The van der Waals surface area contributed by atoms with Crippen molar-refractivity contribution in [2.45, 2.75) is 117 Å². The van der Waals surface area contributed by atoms with Crippen molar-refractivity contribution in [1.29, 1.82) is 0 Å². The summed E-state index contributed by atoms with van der Waals surface area (Å²) in [4.78, 5) is 200. The van der Waals surface area contributed by atoms with Crippen molar-refractivity contribution in [3.8, 4) is 0 Å². The number of carboxylic acids is 8. The Labute approximate surface area is 639 Å². The molecule has 4 rings (SSSR count). The van der Waals surface area contributed by atoms with Crippen molar-refractivity contribution in [3.05, 3.63) is 53.6 Å². The summed E-state index contributed by atoms with van der Waals surface area (Å²) in [6.07, 6.45) is 3.27. The molecule has 2 fully saturated rings. The molecule has 0 saturated carbocycles. The lowest BCUT2D eigenvalue weighted by Gasteiger charge is -2.35. The molecule has 1 aromatic heterocycles. The van der Waals surface area contributed by atoms with E-state index in [2.05, 4.69) is 41.9 Å². The van der Waals surface area contributed by atoms with E-state index in [9.17, 15) is 108 Å². The summed E-state index contributed by atoms with van der Waals surface area (Å²) in [5, 5.41) is 96.2. The maximum absolute atomic E-state index is 13.9. The van der Waals surface area contributed by atoms with Crippen molar-refractivity contribution in [2.75, 3.05) is 177 Å². The van der Waals surface area contributed by atoms with Crippen LogP contribution in [-0.2, 0) is 86.6 Å². The summed E-state index contributed by atoms with van der Waals surface area (Å²) in [5.41, 5.74) is 2.13. The number of imidazole rings is 1. The van der Waals surface area contributed by atoms with Crippen LogP contribution in [-0.4, -0.2) is 379 Å². The molecule has 6 atom stereocenters. The van der Waals surface area contributed by atoms with Gasteiger partial charge in [0.2, 0.25) is 35.4 Å². The third-order valence-corrected chi connectivity index (χ3v) is 19.1. The zero-order valence-corrected chi connectivity index (χ0v) is 63.7. The van der Waals surface area contributed by atoms with E-state index in [4.69, 9.17) is 0 Å². The summed E-state index contributed by atoms with van der Waals surface area (Å²) < 4.78 is 0. The van der Waals surface area contributed by atoms with Gasteiger partial charge in [0.25, 0.3) is 0 Å². The first-order valence-corrected chi connectivity index (χ1v) is 37.2. The molecule has 2 saturated heterocycles. The molecule has 39 nitrogen and oxygen atoms in total. The molecule has 15 N–H and O–H groups in total. The number of nitrogens with one attached hydrogen (secondary N) is 7. The van der Waals surface area contributed by atoms with Crippen LogP contribution in [0.5, 0.6) is 0 Å². The van der Waals surface area contributed by atoms with Crippen LogP contribution in [0.3, 0.4) is 0 Å². The van der Waals surface area contributed by atoms with Gasteiger partial charge in [0, 0.05) is 181 Å². The zero-order chi connectivity index (χ0) is 81.4. The molecule has 1 aromatic carbocycles. The SMILES string of the molecule is CCC(C)[C@H](NC(=O)[C@@H](C)Cc1cnc[nH]1)C(=O)N[C@@H](CC(C)C)C(=O)NCc1ccc(CNC(=O)CN(CCNC(=O)CCC(C(=O)O)N2CCN(CC(=O)O)CCN(CC(=O)O)CCN(CC(=O)O)CC2)CCNC(=O)CCC(C(=O)O)N2CCN(CC(=O)O)CCN(CC(=O)O)CCN(CC(=O)O)CC2)cc1. The highest BCUT2D eigenvalue weighted by atomic mass is 16.4. The van der Waals surface area contributed by atoms with E-state index in [0.717, 1.165) is 5.69 Å². The molecule has 616 valence electrons. The number of aliphatic carboxylic acids is 8. The molecular formula is C71H115N17O22. The van der Waals surface area contributed by atoms with Crippen LogP contribution < -0.4 is 31.9 Å². The average Bonchev–Trinajstić information content (AvgIpc) is 0.968. The number of hydrogen-bond acceptors (Lipinski definition) is 24. The molecule has 6 amide bonds. The number of nitrogens with zero attached hydrogens (tertiary/aromatic N) is 10. The number of aromatic nitrogens is 2. The van der Waals surface area contributed by atoms with Crippen molar-refractivity contribution in [2.24, 2.45) is 17.8 Å². The average molecular weight is 1560 g/mol. The van der Waals surface area contributed by atoms with E-state index in [1.54, 1.807) is 52.1 Å². The van der Waals surface area contributed by atoms with Crippen LogP contribution in [0.15, 0.2) is 36.8 Å². The molecule has 0 bridgehead atoms.